The van der Waals surface area contributed by atoms with Gasteiger partial charge >= 0.3 is 11.9 Å². The fourth-order valence-corrected chi connectivity index (χ4v) is 1.59. The van der Waals surface area contributed by atoms with Crippen molar-refractivity contribution in [2.45, 2.75) is 78.1 Å². The van der Waals surface area contributed by atoms with Crippen molar-refractivity contribution < 1.29 is 24.6 Å². The highest BCUT2D eigenvalue weighted by Gasteiger charge is 1.99. The molecular weight excluding hydrogens is 260 g/mol. The topological polar surface area (TPSA) is 91.7 Å². The molecule has 20 heavy (non-hydrogen) atoms. The van der Waals surface area contributed by atoms with E-state index in [0.717, 1.165) is 19.8 Å². The van der Waals surface area contributed by atoms with E-state index in [-0.39, 0.29) is 0 Å². The number of unbranched alkanes of at least 4 members (excludes halogenated alkanes) is 8. The van der Waals surface area contributed by atoms with E-state index in [0.29, 0.717) is 6.42 Å². The Balaban J connectivity index is 0. The number of carboxylic acids is 2. The predicted octanol–water partition coefficient (Wildman–Crippen LogP) is 3.65. The van der Waals surface area contributed by atoms with Gasteiger partial charge in [0.15, 0.2) is 0 Å². The molecule has 5 nitrogen and oxygen atoms in total. The van der Waals surface area contributed by atoms with Crippen molar-refractivity contribution in [2.75, 3.05) is 0 Å². The van der Waals surface area contributed by atoms with E-state index in [4.69, 9.17) is 10.2 Å². The zero-order chi connectivity index (χ0) is 15.8. The van der Waals surface area contributed by atoms with Gasteiger partial charge in [-0.3, -0.25) is 9.59 Å². The first kappa shape index (κ1) is 20.9. The highest BCUT2D eigenvalue weighted by atomic mass is 16.4. The summed E-state index contributed by atoms with van der Waals surface area (Å²) < 4.78 is 0. The minimum Gasteiger partial charge on any atom is -0.481 e. The molecule has 0 rings (SSSR count). The van der Waals surface area contributed by atoms with Gasteiger partial charge in [0.2, 0.25) is 5.78 Å². The molecule has 0 heterocycles. The molecule has 0 aliphatic rings. The molecule has 0 aromatic rings. The molecule has 0 aliphatic carbocycles. The van der Waals surface area contributed by atoms with Crippen LogP contribution in [0.25, 0.3) is 0 Å². The summed E-state index contributed by atoms with van der Waals surface area (Å²) in [6.45, 7) is 3.23. The molecule has 0 aromatic carbocycles. The maximum absolute atomic E-state index is 10.2. The fraction of sp³-hybridized carbons (Fsp3) is 0.800. The molecule has 118 valence electrons. The van der Waals surface area contributed by atoms with Crippen molar-refractivity contribution >= 4 is 17.7 Å². The van der Waals surface area contributed by atoms with Crippen LogP contribution < -0.4 is 0 Å². The lowest BCUT2D eigenvalue weighted by Crippen LogP contribution is -2.05. The highest BCUT2D eigenvalue weighted by molar-refractivity contribution is 6.31. The van der Waals surface area contributed by atoms with Crippen LogP contribution in [0.4, 0.5) is 0 Å². The van der Waals surface area contributed by atoms with Crippen LogP contribution in [0.3, 0.4) is 0 Å². The van der Waals surface area contributed by atoms with Gasteiger partial charge in [0, 0.05) is 13.3 Å². The van der Waals surface area contributed by atoms with Crippen LogP contribution in [0, 0.1) is 0 Å². The second kappa shape index (κ2) is 15.7. The number of carboxylic acid groups (broad SMARTS) is 2. The largest absolute Gasteiger partial charge is 0.481 e. The van der Waals surface area contributed by atoms with Crippen molar-refractivity contribution in [3.05, 3.63) is 0 Å². The zero-order valence-corrected chi connectivity index (χ0v) is 12.7. The van der Waals surface area contributed by atoms with E-state index in [1.807, 2.05) is 0 Å². The van der Waals surface area contributed by atoms with Crippen LogP contribution in [0.5, 0.6) is 0 Å². The number of carbonyl (C=O) groups is 3. The quantitative estimate of drug-likeness (QED) is 0.447. The number of Topliss-reactive ketones (excluding diaryl/α,β-unsaturated/α-hetero) is 1. The maximum Gasteiger partial charge on any atom is 0.371 e. The van der Waals surface area contributed by atoms with Gasteiger partial charge in [-0.1, -0.05) is 58.3 Å². The van der Waals surface area contributed by atoms with E-state index < -0.39 is 17.7 Å². The second-order valence-electron chi connectivity index (χ2n) is 4.83. The van der Waals surface area contributed by atoms with Crippen molar-refractivity contribution in [3.63, 3.8) is 0 Å². The van der Waals surface area contributed by atoms with Gasteiger partial charge in [-0.2, -0.15) is 0 Å². The summed E-state index contributed by atoms with van der Waals surface area (Å²) in [5.41, 5.74) is 0. The van der Waals surface area contributed by atoms with Crippen LogP contribution >= 0.6 is 0 Å². The monoisotopic (exact) mass is 288 g/mol. The molecular formula is C15H28O5. The molecule has 0 amide bonds. The third-order valence-electron chi connectivity index (χ3n) is 2.80. The lowest BCUT2D eigenvalue weighted by molar-refractivity contribution is -0.148. The molecule has 0 saturated heterocycles. The molecule has 0 aliphatic heterocycles. The number of rotatable bonds is 11. The lowest BCUT2D eigenvalue weighted by Gasteiger charge is -2.00. The first-order valence-corrected chi connectivity index (χ1v) is 7.37. The van der Waals surface area contributed by atoms with Crippen LogP contribution in [-0.2, 0) is 14.4 Å². The second-order valence-corrected chi connectivity index (χ2v) is 4.83. The number of aliphatic carboxylic acids is 2. The van der Waals surface area contributed by atoms with E-state index >= 15 is 0 Å². The first-order valence-electron chi connectivity index (χ1n) is 7.37. The molecule has 0 spiro atoms. The molecule has 0 fully saturated rings. The zero-order valence-electron chi connectivity index (χ0n) is 12.7. The lowest BCUT2D eigenvalue weighted by atomic mass is 10.1. The Morgan fingerprint density at radius 1 is 0.750 bits per heavy atom. The Kier molecular flexibility index (Phi) is 16.4. The van der Waals surface area contributed by atoms with Crippen molar-refractivity contribution in [3.8, 4) is 0 Å². The Hall–Kier alpha value is -1.39. The van der Waals surface area contributed by atoms with Crippen LogP contribution in [-0.4, -0.2) is 27.9 Å². The van der Waals surface area contributed by atoms with E-state index in [9.17, 15) is 14.4 Å². The number of carbonyl (C=O) groups excluding carboxylic acids is 1. The van der Waals surface area contributed by atoms with Gasteiger partial charge in [-0.05, 0) is 6.42 Å². The molecule has 0 radical (unpaired) electrons. The maximum atomic E-state index is 10.2. The minimum atomic E-state index is -1.38. The Bertz CT molecular complexity index is 261. The van der Waals surface area contributed by atoms with Gasteiger partial charge in [0.25, 0.3) is 0 Å². The van der Waals surface area contributed by atoms with E-state index in [1.165, 1.54) is 44.9 Å². The molecule has 0 bridgehead atoms. The molecule has 0 saturated carbocycles. The van der Waals surface area contributed by atoms with Crippen molar-refractivity contribution in [1.82, 2.24) is 0 Å². The summed E-state index contributed by atoms with van der Waals surface area (Å²) in [7, 11) is 0. The summed E-state index contributed by atoms with van der Waals surface area (Å²) in [6.07, 6.45) is 11.5. The first-order chi connectivity index (χ1) is 9.41. The Morgan fingerprint density at radius 3 is 1.40 bits per heavy atom. The smallest absolute Gasteiger partial charge is 0.371 e. The molecule has 5 heteroatoms. The molecule has 0 atom stereocenters. The van der Waals surface area contributed by atoms with Crippen molar-refractivity contribution in [2.24, 2.45) is 0 Å². The fourth-order valence-electron chi connectivity index (χ4n) is 1.59. The average molecular weight is 288 g/mol. The molecule has 2 N–H and O–H groups in total. The van der Waals surface area contributed by atoms with Gasteiger partial charge in [0.05, 0.1) is 0 Å². The van der Waals surface area contributed by atoms with Gasteiger partial charge in [-0.25, -0.2) is 4.79 Å². The van der Waals surface area contributed by atoms with E-state index in [1.54, 1.807) is 0 Å². The molecule has 0 aromatic heterocycles. The number of ketones is 1. The minimum absolute atomic E-state index is 0.343. The third-order valence-corrected chi connectivity index (χ3v) is 2.80. The van der Waals surface area contributed by atoms with Crippen LogP contribution in [0.15, 0.2) is 0 Å². The molecule has 0 unspecified atom stereocenters. The SMILES string of the molecule is CC(=O)C(=O)O.CCCCCCCCCCCC(=O)O. The van der Waals surface area contributed by atoms with E-state index in [2.05, 4.69) is 6.92 Å². The normalized spacial score (nSPS) is 9.50. The third kappa shape index (κ3) is 21.9. The summed E-state index contributed by atoms with van der Waals surface area (Å²) in [5, 5.41) is 16.1. The standard InChI is InChI=1S/C12H24O2.C3H4O3/c1-2-3-4-5-6-7-8-9-10-11-12(13)14;1-2(4)3(5)6/h2-11H2,1H3,(H,13,14);1H3,(H,5,6). The Labute approximate surface area is 121 Å². The van der Waals surface area contributed by atoms with Gasteiger partial charge in [0.1, 0.15) is 0 Å². The summed E-state index contributed by atoms with van der Waals surface area (Å²) >= 11 is 0. The summed E-state index contributed by atoms with van der Waals surface area (Å²) in [6, 6.07) is 0. The summed E-state index contributed by atoms with van der Waals surface area (Å²) in [5.74, 6) is -2.86. The van der Waals surface area contributed by atoms with Crippen molar-refractivity contribution in [1.29, 1.82) is 0 Å². The average Bonchev–Trinajstić information content (AvgIpc) is 2.37. The van der Waals surface area contributed by atoms with Gasteiger partial charge < -0.3 is 10.2 Å². The predicted molar refractivity (Wildman–Crippen MR) is 77.8 cm³/mol. The van der Waals surface area contributed by atoms with Crippen LogP contribution in [0.1, 0.15) is 78.1 Å². The number of hydrogen-bond acceptors (Lipinski definition) is 3. The van der Waals surface area contributed by atoms with Crippen LogP contribution in [0.2, 0.25) is 0 Å². The number of hydrogen-bond donors (Lipinski definition) is 2. The van der Waals surface area contributed by atoms with Gasteiger partial charge in [-0.15, -0.1) is 0 Å². The Morgan fingerprint density at radius 2 is 1.10 bits per heavy atom. The summed E-state index contributed by atoms with van der Waals surface area (Å²) in [4.78, 5) is 29.1. The highest BCUT2D eigenvalue weighted by Crippen LogP contribution is 2.10.